The van der Waals surface area contributed by atoms with Crippen LogP contribution in [0.3, 0.4) is 0 Å². The standard InChI is InChI=1S/C19H21N3O2S2/c20-13-16-6-5-7-17(12-16)15-25-19-9-8-18(14-21-19)26(23,24)22-10-3-1-2-4-11-22/h5-9,12,14H,1-4,10-11,15H2. The summed E-state index contributed by atoms with van der Waals surface area (Å²) in [4.78, 5) is 4.57. The number of benzene rings is 1. The van der Waals surface area contributed by atoms with Crippen LogP contribution in [0.25, 0.3) is 0 Å². The highest BCUT2D eigenvalue weighted by atomic mass is 32.2. The van der Waals surface area contributed by atoms with Gasteiger partial charge >= 0.3 is 0 Å². The summed E-state index contributed by atoms with van der Waals surface area (Å²) < 4.78 is 27.1. The minimum atomic E-state index is -3.45. The van der Waals surface area contributed by atoms with Gasteiger partial charge in [-0.2, -0.15) is 9.57 Å². The summed E-state index contributed by atoms with van der Waals surface area (Å²) in [6.45, 7) is 1.18. The zero-order chi connectivity index (χ0) is 18.4. The van der Waals surface area contributed by atoms with Crippen molar-refractivity contribution in [2.24, 2.45) is 0 Å². The number of rotatable bonds is 5. The zero-order valence-electron chi connectivity index (χ0n) is 14.5. The van der Waals surface area contributed by atoms with Gasteiger partial charge in [-0.05, 0) is 42.7 Å². The molecule has 26 heavy (non-hydrogen) atoms. The second-order valence-electron chi connectivity index (χ2n) is 6.25. The fourth-order valence-electron chi connectivity index (χ4n) is 2.92. The lowest BCUT2D eigenvalue weighted by Crippen LogP contribution is -2.32. The molecule has 0 bridgehead atoms. The second-order valence-corrected chi connectivity index (χ2v) is 9.18. The molecular weight excluding hydrogens is 366 g/mol. The molecule has 0 atom stereocenters. The number of hydrogen-bond donors (Lipinski definition) is 0. The van der Waals surface area contributed by atoms with E-state index in [0.717, 1.165) is 36.3 Å². The number of pyridine rings is 1. The van der Waals surface area contributed by atoms with Crippen LogP contribution in [0.15, 0.2) is 52.5 Å². The van der Waals surface area contributed by atoms with Crippen molar-refractivity contribution in [1.82, 2.24) is 9.29 Å². The Kier molecular flexibility index (Phi) is 6.30. The first-order valence-corrected chi connectivity index (χ1v) is 11.1. The van der Waals surface area contributed by atoms with Crippen molar-refractivity contribution in [3.63, 3.8) is 0 Å². The number of nitrogens with zero attached hydrogens (tertiary/aromatic N) is 3. The molecule has 0 amide bonds. The predicted molar refractivity (Wildman–Crippen MR) is 102 cm³/mol. The normalized spacial score (nSPS) is 16.0. The highest BCUT2D eigenvalue weighted by Gasteiger charge is 2.25. The van der Waals surface area contributed by atoms with Crippen LogP contribution in [-0.4, -0.2) is 30.8 Å². The Hall–Kier alpha value is -1.88. The first-order chi connectivity index (χ1) is 12.6. The molecule has 0 unspecified atom stereocenters. The average Bonchev–Trinajstić information content (AvgIpc) is 2.97. The number of hydrogen-bond acceptors (Lipinski definition) is 5. The Balaban J connectivity index is 1.66. The van der Waals surface area contributed by atoms with Crippen LogP contribution in [0.4, 0.5) is 0 Å². The maximum Gasteiger partial charge on any atom is 0.244 e. The molecule has 2 heterocycles. The number of sulfonamides is 1. The molecule has 2 aromatic rings. The summed E-state index contributed by atoms with van der Waals surface area (Å²) in [6.07, 6.45) is 5.47. The maximum absolute atomic E-state index is 12.7. The smallest absolute Gasteiger partial charge is 0.244 e. The minimum Gasteiger partial charge on any atom is -0.249 e. The molecule has 3 rings (SSSR count). The molecule has 0 N–H and O–H groups in total. The van der Waals surface area contributed by atoms with Gasteiger partial charge in [-0.15, -0.1) is 11.8 Å². The van der Waals surface area contributed by atoms with Gasteiger partial charge in [0.1, 0.15) is 4.90 Å². The molecule has 1 fully saturated rings. The fraction of sp³-hybridized carbons (Fsp3) is 0.368. The molecule has 5 nitrogen and oxygen atoms in total. The van der Waals surface area contributed by atoms with Gasteiger partial charge in [0.15, 0.2) is 0 Å². The Morgan fingerprint density at radius 2 is 1.88 bits per heavy atom. The van der Waals surface area contributed by atoms with Crippen LogP contribution >= 0.6 is 11.8 Å². The van der Waals surface area contributed by atoms with E-state index < -0.39 is 10.0 Å². The van der Waals surface area contributed by atoms with Crippen molar-refractivity contribution in [1.29, 1.82) is 5.26 Å². The van der Waals surface area contributed by atoms with E-state index >= 15 is 0 Å². The Morgan fingerprint density at radius 1 is 1.12 bits per heavy atom. The van der Waals surface area contributed by atoms with Crippen LogP contribution in [-0.2, 0) is 15.8 Å². The Bertz CT molecular complexity index is 882. The highest BCUT2D eigenvalue weighted by molar-refractivity contribution is 7.98. The molecule has 0 aliphatic carbocycles. The van der Waals surface area contributed by atoms with Crippen molar-refractivity contribution < 1.29 is 8.42 Å². The molecule has 0 saturated carbocycles. The van der Waals surface area contributed by atoms with E-state index in [2.05, 4.69) is 11.1 Å². The van der Waals surface area contributed by atoms with E-state index in [1.54, 1.807) is 22.5 Å². The highest BCUT2D eigenvalue weighted by Crippen LogP contribution is 2.24. The number of thioether (sulfide) groups is 1. The lowest BCUT2D eigenvalue weighted by molar-refractivity contribution is 0.423. The Morgan fingerprint density at radius 3 is 2.54 bits per heavy atom. The van der Waals surface area contributed by atoms with Gasteiger partial charge in [-0.3, -0.25) is 0 Å². The summed E-state index contributed by atoms with van der Waals surface area (Å²) >= 11 is 1.52. The van der Waals surface area contributed by atoms with Crippen molar-refractivity contribution in [2.75, 3.05) is 13.1 Å². The van der Waals surface area contributed by atoms with Gasteiger partial charge in [0.05, 0.1) is 16.7 Å². The molecule has 136 valence electrons. The SMILES string of the molecule is N#Cc1cccc(CSc2ccc(S(=O)(=O)N3CCCCCC3)cn2)c1. The van der Waals surface area contributed by atoms with E-state index in [-0.39, 0.29) is 4.90 Å². The third-order valence-corrected chi connectivity index (χ3v) is 7.25. The van der Waals surface area contributed by atoms with Crippen molar-refractivity contribution in [3.8, 4) is 6.07 Å². The van der Waals surface area contributed by atoms with E-state index in [9.17, 15) is 8.42 Å². The Labute approximate surface area is 159 Å². The summed E-state index contributed by atoms with van der Waals surface area (Å²) in [5, 5.41) is 9.72. The third kappa shape index (κ3) is 4.64. The van der Waals surface area contributed by atoms with Crippen LogP contribution in [0.5, 0.6) is 0 Å². The predicted octanol–water partition coefficient (Wildman–Crippen LogP) is 3.81. The van der Waals surface area contributed by atoms with Gasteiger partial charge in [0.25, 0.3) is 0 Å². The minimum absolute atomic E-state index is 0.259. The lowest BCUT2D eigenvalue weighted by Gasteiger charge is -2.19. The third-order valence-electron chi connectivity index (χ3n) is 4.35. The van der Waals surface area contributed by atoms with Crippen molar-refractivity contribution in [3.05, 3.63) is 53.7 Å². The van der Waals surface area contributed by atoms with Crippen molar-refractivity contribution in [2.45, 2.75) is 41.4 Å². The van der Waals surface area contributed by atoms with Gasteiger partial charge in [0, 0.05) is 25.0 Å². The molecule has 0 spiro atoms. The average molecular weight is 388 g/mol. The first kappa shape index (κ1) is 18.9. The van der Waals surface area contributed by atoms with E-state index in [0.29, 0.717) is 24.4 Å². The van der Waals surface area contributed by atoms with E-state index in [4.69, 9.17) is 5.26 Å². The van der Waals surface area contributed by atoms with Gasteiger partial charge < -0.3 is 0 Å². The molecule has 1 aromatic heterocycles. The second kappa shape index (κ2) is 8.67. The summed E-state index contributed by atoms with van der Waals surface area (Å²) in [5.41, 5.74) is 1.67. The number of nitriles is 1. The summed E-state index contributed by atoms with van der Waals surface area (Å²) in [7, 11) is -3.45. The molecule has 0 radical (unpaired) electrons. The molecule has 1 aliphatic rings. The monoisotopic (exact) mass is 387 g/mol. The largest absolute Gasteiger partial charge is 0.249 e. The fourth-order valence-corrected chi connectivity index (χ4v) is 5.17. The van der Waals surface area contributed by atoms with Gasteiger partial charge in [0.2, 0.25) is 10.0 Å². The summed E-state index contributed by atoms with van der Waals surface area (Å²) in [5.74, 6) is 0.681. The van der Waals surface area contributed by atoms with Crippen LogP contribution in [0.1, 0.15) is 36.8 Å². The van der Waals surface area contributed by atoms with Crippen LogP contribution in [0, 0.1) is 11.3 Å². The topological polar surface area (TPSA) is 74.1 Å². The molecule has 1 saturated heterocycles. The van der Waals surface area contributed by atoms with Crippen LogP contribution in [0.2, 0.25) is 0 Å². The first-order valence-electron chi connectivity index (χ1n) is 8.67. The van der Waals surface area contributed by atoms with E-state index in [1.165, 1.54) is 18.0 Å². The molecule has 1 aliphatic heterocycles. The molecular formula is C19H21N3O2S2. The maximum atomic E-state index is 12.7. The molecule has 1 aromatic carbocycles. The van der Waals surface area contributed by atoms with Gasteiger partial charge in [-0.25, -0.2) is 13.4 Å². The molecule has 7 heteroatoms. The van der Waals surface area contributed by atoms with Crippen molar-refractivity contribution >= 4 is 21.8 Å². The van der Waals surface area contributed by atoms with E-state index in [1.807, 2.05) is 18.2 Å². The van der Waals surface area contributed by atoms with Crippen LogP contribution < -0.4 is 0 Å². The zero-order valence-corrected chi connectivity index (χ0v) is 16.1. The quantitative estimate of drug-likeness (QED) is 0.729. The lowest BCUT2D eigenvalue weighted by atomic mass is 10.2. The number of aromatic nitrogens is 1. The van der Waals surface area contributed by atoms with Gasteiger partial charge in [-0.1, -0.05) is 25.0 Å². The summed E-state index contributed by atoms with van der Waals surface area (Å²) in [6, 6.07) is 13.0.